The molecule has 5 heteroatoms. The summed E-state index contributed by atoms with van der Waals surface area (Å²) in [4.78, 5) is 11.6. The molecule has 1 saturated heterocycles. The first-order valence-electron chi connectivity index (χ1n) is 4.97. The van der Waals surface area contributed by atoms with Gasteiger partial charge in [0, 0.05) is 6.54 Å². The van der Waals surface area contributed by atoms with Crippen LogP contribution in [-0.4, -0.2) is 31.7 Å². The average Bonchev–Trinajstić information content (AvgIpc) is 2.80. The van der Waals surface area contributed by atoms with Crippen molar-refractivity contribution in [3.63, 3.8) is 0 Å². The summed E-state index contributed by atoms with van der Waals surface area (Å²) in [6, 6.07) is 3.38. The van der Waals surface area contributed by atoms with E-state index in [1.807, 2.05) is 6.07 Å². The Hall–Kier alpha value is -1.33. The highest BCUT2D eigenvalue weighted by Crippen LogP contribution is 1.99. The van der Waals surface area contributed by atoms with Gasteiger partial charge in [-0.25, -0.2) is 0 Å². The molecule has 1 amide bonds. The predicted octanol–water partition coefficient (Wildman–Crippen LogP) is -0.116. The molecular formula is C10H14N2O3. The van der Waals surface area contributed by atoms with E-state index in [1.54, 1.807) is 12.3 Å². The lowest BCUT2D eigenvalue weighted by molar-refractivity contribution is -0.126. The second-order valence-corrected chi connectivity index (χ2v) is 3.38. The quantitative estimate of drug-likeness (QED) is 0.730. The molecule has 0 radical (unpaired) electrons. The van der Waals surface area contributed by atoms with Gasteiger partial charge in [-0.3, -0.25) is 4.79 Å². The molecule has 1 aromatic rings. The van der Waals surface area contributed by atoms with Crippen molar-refractivity contribution in [3.05, 3.63) is 24.2 Å². The van der Waals surface area contributed by atoms with Crippen molar-refractivity contribution in [1.82, 2.24) is 10.6 Å². The van der Waals surface area contributed by atoms with E-state index in [4.69, 9.17) is 9.15 Å². The fourth-order valence-electron chi connectivity index (χ4n) is 1.44. The van der Waals surface area contributed by atoms with Crippen LogP contribution in [-0.2, 0) is 16.1 Å². The highest BCUT2D eigenvalue weighted by Gasteiger charge is 2.20. The van der Waals surface area contributed by atoms with Crippen LogP contribution in [0.4, 0.5) is 0 Å². The molecule has 0 bridgehead atoms. The minimum Gasteiger partial charge on any atom is -0.467 e. The van der Waals surface area contributed by atoms with E-state index in [1.165, 1.54) is 0 Å². The highest BCUT2D eigenvalue weighted by molar-refractivity contribution is 5.81. The van der Waals surface area contributed by atoms with Crippen LogP contribution in [0.2, 0.25) is 0 Å². The molecule has 2 heterocycles. The van der Waals surface area contributed by atoms with Gasteiger partial charge < -0.3 is 19.8 Å². The van der Waals surface area contributed by atoms with E-state index in [0.29, 0.717) is 19.8 Å². The summed E-state index contributed by atoms with van der Waals surface area (Å²) in [6.07, 6.45) is 1.59. The Kier molecular flexibility index (Phi) is 3.37. The Morgan fingerprint density at radius 1 is 1.67 bits per heavy atom. The van der Waals surface area contributed by atoms with Gasteiger partial charge >= 0.3 is 0 Å². The summed E-state index contributed by atoms with van der Waals surface area (Å²) < 4.78 is 10.3. The third-order valence-corrected chi connectivity index (χ3v) is 2.26. The number of amides is 1. The minimum atomic E-state index is -0.242. The topological polar surface area (TPSA) is 63.5 Å². The van der Waals surface area contributed by atoms with Crippen LogP contribution in [0, 0.1) is 0 Å². The summed E-state index contributed by atoms with van der Waals surface area (Å²) in [6.45, 7) is 2.24. The summed E-state index contributed by atoms with van der Waals surface area (Å²) in [5.74, 6) is 0.700. The highest BCUT2D eigenvalue weighted by atomic mass is 16.5. The first-order chi connectivity index (χ1) is 7.36. The van der Waals surface area contributed by atoms with E-state index in [9.17, 15) is 4.79 Å². The van der Waals surface area contributed by atoms with Crippen LogP contribution in [0.1, 0.15) is 5.76 Å². The van der Waals surface area contributed by atoms with Crippen molar-refractivity contribution in [1.29, 1.82) is 0 Å². The van der Waals surface area contributed by atoms with E-state index < -0.39 is 0 Å². The summed E-state index contributed by atoms with van der Waals surface area (Å²) in [5.41, 5.74) is 0. The maximum atomic E-state index is 11.6. The first kappa shape index (κ1) is 10.2. The number of nitrogens with one attached hydrogen (secondary N) is 2. The number of hydrogen-bond donors (Lipinski definition) is 2. The van der Waals surface area contributed by atoms with Crippen LogP contribution < -0.4 is 10.6 Å². The van der Waals surface area contributed by atoms with Crippen LogP contribution in [0.25, 0.3) is 0 Å². The molecule has 82 valence electrons. The number of ether oxygens (including phenoxy) is 1. The van der Waals surface area contributed by atoms with Crippen molar-refractivity contribution in [2.24, 2.45) is 0 Å². The molecule has 1 atom stereocenters. The molecule has 1 aliphatic heterocycles. The molecule has 0 aromatic carbocycles. The fourth-order valence-corrected chi connectivity index (χ4v) is 1.44. The van der Waals surface area contributed by atoms with Gasteiger partial charge in [0.25, 0.3) is 0 Å². The maximum absolute atomic E-state index is 11.6. The Morgan fingerprint density at radius 3 is 3.27 bits per heavy atom. The molecule has 0 saturated carbocycles. The maximum Gasteiger partial charge on any atom is 0.239 e. The zero-order valence-electron chi connectivity index (χ0n) is 8.36. The van der Waals surface area contributed by atoms with Crippen LogP contribution in [0.15, 0.2) is 22.8 Å². The average molecular weight is 210 g/mol. The summed E-state index contributed by atoms with van der Waals surface area (Å²) in [5, 5.41) is 5.86. The van der Waals surface area contributed by atoms with E-state index >= 15 is 0 Å². The molecule has 15 heavy (non-hydrogen) atoms. The summed E-state index contributed by atoms with van der Waals surface area (Å²) in [7, 11) is 0. The minimum absolute atomic E-state index is 0.0499. The van der Waals surface area contributed by atoms with Gasteiger partial charge in [0.1, 0.15) is 11.8 Å². The number of carbonyl (C=O) groups is 1. The van der Waals surface area contributed by atoms with E-state index in [0.717, 1.165) is 12.3 Å². The Balaban J connectivity index is 1.76. The van der Waals surface area contributed by atoms with Gasteiger partial charge in [0.15, 0.2) is 0 Å². The molecule has 0 spiro atoms. The zero-order valence-corrected chi connectivity index (χ0v) is 8.36. The van der Waals surface area contributed by atoms with Crippen molar-refractivity contribution in [2.45, 2.75) is 12.6 Å². The van der Waals surface area contributed by atoms with Crippen LogP contribution >= 0.6 is 0 Å². The smallest absolute Gasteiger partial charge is 0.239 e. The second-order valence-electron chi connectivity index (χ2n) is 3.38. The third kappa shape index (κ3) is 2.81. The first-order valence-corrected chi connectivity index (χ1v) is 4.97. The van der Waals surface area contributed by atoms with Gasteiger partial charge in [-0.15, -0.1) is 0 Å². The lowest BCUT2D eigenvalue weighted by Crippen LogP contribution is -2.51. The van der Waals surface area contributed by atoms with E-state index in [2.05, 4.69) is 10.6 Å². The Labute approximate surface area is 87.8 Å². The molecular weight excluding hydrogens is 196 g/mol. The lowest BCUT2D eigenvalue weighted by atomic mass is 10.2. The molecule has 0 aliphatic carbocycles. The molecule has 2 rings (SSSR count). The molecule has 2 N–H and O–H groups in total. The van der Waals surface area contributed by atoms with Crippen molar-refractivity contribution >= 4 is 5.91 Å². The largest absolute Gasteiger partial charge is 0.467 e. The number of morpholine rings is 1. The normalized spacial score (nSPS) is 21.2. The zero-order chi connectivity index (χ0) is 10.5. The van der Waals surface area contributed by atoms with Gasteiger partial charge in [0.2, 0.25) is 5.91 Å². The number of furan rings is 1. The van der Waals surface area contributed by atoms with Crippen LogP contribution in [0.5, 0.6) is 0 Å². The Bertz CT molecular complexity index is 304. The van der Waals surface area contributed by atoms with Gasteiger partial charge in [0.05, 0.1) is 26.0 Å². The molecule has 1 aromatic heterocycles. The van der Waals surface area contributed by atoms with Gasteiger partial charge in [-0.1, -0.05) is 0 Å². The number of rotatable bonds is 3. The number of hydrogen-bond acceptors (Lipinski definition) is 4. The second kappa shape index (κ2) is 4.95. The molecule has 1 unspecified atom stereocenters. The molecule has 1 fully saturated rings. The van der Waals surface area contributed by atoms with Crippen LogP contribution in [0.3, 0.4) is 0 Å². The van der Waals surface area contributed by atoms with Gasteiger partial charge in [-0.05, 0) is 12.1 Å². The van der Waals surface area contributed by atoms with E-state index in [-0.39, 0.29) is 11.9 Å². The lowest BCUT2D eigenvalue weighted by Gasteiger charge is -2.22. The fraction of sp³-hybridized carbons (Fsp3) is 0.500. The third-order valence-electron chi connectivity index (χ3n) is 2.26. The number of carbonyl (C=O) groups excluding carboxylic acids is 1. The van der Waals surface area contributed by atoms with Gasteiger partial charge in [-0.2, -0.15) is 0 Å². The Morgan fingerprint density at radius 2 is 2.60 bits per heavy atom. The van der Waals surface area contributed by atoms with Crippen molar-refractivity contribution in [2.75, 3.05) is 19.8 Å². The molecule has 5 nitrogen and oxygen atoms in total. The van der Waals surface area contributed by atoms with Crippen molar-refractivity contribution in [3.8, 4) is 0 Å². The standard InChI is InChI=1S/C10H14N2O3/c13-10(9-7-14-5-3-11-9)12-6-8-2-1-4-15-8/h1-2,4,9,11H,3,5-7H2,(H,12,13). The molecule has 1 aliphatic rings. The monoisotopic (exact) mass is 210 g/mol. The summed E-state index contributed by atoms with van der Waals surface area (Å²) >= 11 is 0. The van der Waals surface area contributed by atoms with Crippen molar-refractivity contribution < 1.29 is 13.9 Å². The predicted molar refractivity (Wildman–Crippen MR) is 53.2 cm³/mol. The SMILES string of the molecule is O=C(NCc1ccco1)C1COCCN1.